The lowest BCUT2D eigenvalue weighted by molar-refractivity contribution is -0.152. The van der Waals surface area contributed by atoms with Crippen molar-refractivity contribution in [1.29, 1.82) is 0 Å². The summed E-state index contributed by atoms with van der Waals surface area (Å²) in [6.07, 6.45) is 4.44. The van der Waals surface area contributed by atoms with Gasteiger partial charge in [0.25, 0.3) is 0 Å². The maximum Gasteiger partial charge on any atom is 0.331 e. The number of aryl methyl sites for hydroxylation is 2. The normalized spacial score (nSPS) is 19.0. The molecular weight excluding hydrogens is 318 g/mol. The van der Waals surface area contributed by atoms with Crippen LogP contribution < -0.4 is 5.32 Å². The molecule has 0 saturated carbocycles. The van der Waals surface area contributed by atoms with Crippen LogP contribution in [0.3, 0.4) is 0 Å². The lowest BCUT2D eigenvalue weighted by Crippen LogP contribution is -2.48. The number of carbonyl (C=O) groups excluding carboxylic acids is 1. The fourth-order valence-corrected chi connectivity index (χ4v) is 3.36. The summed E-state index contributed by atoms with van der Waals surface area (Å²) < 4.78 is 10.7. The predicted octanol–water partition coefficient (Wildman–Crippen LogP) is 2.91. The highest BCUT2D eigenvalue weighted by molar-refractivity contribution is 5.84. The number of nitrogens with zero attached hydrogens (tertiary/aromatic N) is 2. The van der Waals surface area contributed by atoms with E-state index in [-0.39, 0.29) is 5.97 Å². The van der Waals surface area contributed by atoms with Crippen molar-refractivity contribution in [2.24, 2.45) is 0 Å². The van der Waals surface area contributed by atoms with Gasteiger partial charge < -0.3 is 9.26 Å². The molecule has 0 fully saturated rings. The Morgan fingerprint density at radius 3 is 3.00 bits per heavy atom. The summed E-state index contributed by atoms with van der Waals surface area (Å²) in [4.78, 5) is 17.2. The average molecular weight is 343 g/mol. The molecule has 1 heterocycles. The van der Waals surface area contributed by atoms with E-state index >= 15 is 0 Å². The molecule has 2 aromatic rings. The van der Waals surface area contributed by atoms with E-state index in [4.69, 9.17) is 9.26 Å². The molecular formula is C19H25N3O3. The summed E-state index contributed by atoms with van der Waals surface area (Å²) in [5.74, 6) is 0.973. The molecule has 134 valence electrons. The van der Waals surface area contributed by atoms with E-state index in [0.29, 0.717) is 25.5 Å². The lowest BCUT2D eigenvalue weighted by Gasteiger charge is -2.28. The molecule has 0 bridgehead atoms. The van der Waals surface area contributed by atoms with Crippen LogP contribution in [0, 0.1) is 0 Å². The van der Waals surface area contributed by atoms with Crippen LogP contribution in [0.2, 0.25) is 0 Å². The lowest BCUT2D eigenvalue weighted by atomic mass is 9.91. The molecule has 0 aliphatic heterocycles. The van der Waals surface area contributed by atoms with Crippen molar-refractivity contribution in [2.75, 3.05) is 6.61 Å². The van der Waals surface area contributed by atoms with Crippen LogP contribution in [0.15, 0.2) is 28.8 Å². The summed E-state index contributed by atoms with van der Waals surface area (Å²) in [5, 5.41) is 7.36. The zero-order valence-electron chi connectivity index (χ0n) is 14.9. The molecule has 0 amide bonds. The van der Waals surface area contributed by atoms with Crippen LogP contribution in [0.1, 0.15) is 56.0 Å². The van der Waals surface area contributed by atoms with E-state index in [9.17, 15) is 4.79 Å². The summed E-state index contributed by atoms with van der Waals surface area (Å²) in [6.45, 7) is 4.64. The highest BCUT2D eigenvalue weighted by atomic mass is 16.5. The van der Waals surface area contributed by atoms with Gasteiger partial charge in [-0.25, -0.2) is 4.79 Å². The summed E-state index contributed by atoms with van der Waals surface area (Å²) in [5.41, 5.74) is 1.32. The van der Waals surface area contributed by atoms with Crippen molar-refractivity contribution in [3.63, 3.8) is 0 Å². The number of esters is 1. The Morgan fingerprint density at radius 2 is 2.20 bits per heavy atom. The minimum atomic E-state index is -0.843. The van der Waals surface area contributed by atoms with Crippen molar-refractivity contribution >= 4 is 5.97 Å². The topological polar surface area (TPSA) is 77.2 Å². The highest BCUT2D eigenvalue weighted by Crippen LogP contribution is 2.38. The monoisotopic (exact) mass is 343 g/mol. The second-order valence-electron chi connectivity index (χ2n) is 6.34. The fraction of sp³-hybridized carbons (Fsp3) is 0.526. The zero-order valence-corrected chi connectivity index (χ0v) is 14.9. The molecule has 0 saturated heterocycles. The number of carbonyl (C=O) groups is 1. The molecule has 25 heavy (non-hydrogen) atoms. The first-order valence-electron chi connectivity index (χ1n) is 9.01. The zero-order chi connectivity index (χ0) is 17.7. The number of ether oxygens (including phenoxy) is 1. The number of rotatable bonds is 8. The Hall–Kier alpha value is -2.21. The molecule has 0 spiro atoms. The predicted molar refractivity (Wildman–Crippen MR) is 92.8 cm³/mol. The first kappa shape index (κ1) is 17.6. The summed E-state index contributed by atoms with van der Waals surface area (Å²) >= 11 is 0. The third-order valence-electron chi connectivity index (χ3n) is 4.68. The molecule has 6 nitrogen and oxygen atoms in total. The van der Waals surface area contributed by atoms with Crippen LogP contribution in [0.25, 0.3) is 0 Å². The van der Waals surface area contributed by atoms with Crippen LogP contribution in [-0.2, 0) is 34.5 Å². The van der Waals surface area contributed by atoms with Gasteiger partial charge in [-0.05, 0) is 37.3 Å². The molecule has 1 N–H and O–H groups in total. The Balaban J connectivity index is 1.78. The number of aromatic nitrogens is 2. The van der Waals surface area contributed by atoms with Gasteiger partial charge in [0.2, 0.25) is 5.89 Å². The van der Waals surface area contributed by atoms with Gasteiger partial charge >= 0.3 is 5.97 Å². The molecule has 3 rings (SSSR count). The summed E-state index contributed by atoms with van der Waals surface area (Å²) in [7, 11) is 0. The number of fused-ring (bicyclic) bond motifs is 1. The molecule has 1 atom stereocenters. The van der Waals surface area contributed by atoms with Crippen LogP contribution in [0.4, 0.5) is 0 Å². The van der Waals surface area contributed by atoms with Crippen molar-refractivity contribution in [1.82, 2.24) is 15.5 Å². The van der Waals surface area contributed by atoms with Crippen molar-refractivity contribution in [3.8, 4) is 0 Å². The smallest absolute Gasteiger partial charge is 0.331 e. The Kier molecular flexibility index (Phi) is 5.48. The number of hydrogen-bond acceptors (Lipinski definition) is 6. The van der Waals surface area contributed by atoms with Gasteiger partial charge in [-0.1, -0.05) is 42.8 Å². The molecule has 0 radical (unpaired) electrons. The Labute approximate surface area is 148 Å². The second-order valence-corrected chi connectivity index (χ2v) is 6.34. The van der Waals surface area contributed by atoms with Gasteiger partial charge in [-0.3, -0.25) is 5.32 Å². The largest absolute Gasteiger partial charge is 0.464 e. The molecule has 6 heteroatoms. The quantitative estimate of drug-likeness (QED) is 0.743. The van der Waals surface area contributed by atoms with Gasteiger partial charge in [-0.15, -0.1) is 0 Å². The molecule has 1 unspecified atom stereocenters. The Morgan fingerprint density at radius 1 is 1.36 bits per heavy atom. The van der Waals surface area contributed by atoms with Crippen LogP contribution in [0.5, 0.6) is 0 Å². The van der Waals surface area contributed by atoms with Gasteiger partial charge in [0, 0.05) is 6.42 Å². The van der Waals surface area contributed by atoms with Crippen LogP contribution >= 0.6 is 0 Å². The number of benzene rings is 1. The number of unbranched alkanes of at least 4 members (excludes halogenated alkanes) is 1. The van der Waals surface area contributed by atoms with Gasteiger partial charge in [-0.2, -0.15) is 4.98 Å². The van der Waals surface area contributed by atoms with Crippen LogP contribution in [-0.4, -0.2) is 22.7 Å². The minimum Gasteiger partial charge on any atom is -0.464 e. The first-order valence-corrected chi connectivity index (χ1v) is 9.01. The van der Waals surface area contributed by atoms with E-state index in [1.165, 1.54) is 5.56 Å². The number of nitrogens with one attached hydrogen (secondary N) is 1. The first-order chi connectivity index (χ1) is 12.2. The van der Waals surface area contributed by atoms with Gasteiger partial charge in [0.15, 0.2) is 5.82 Å². The second kappa shape index (κ2) is 7.78. The summed E-state index contributed by atoms with van der Waals surface area (Å²) in [6, 6.07) is 8.01. The fourth-order valence-electron chi connectivity index (χ4n) is 3.36. The molecule has 1 aliphatic rings. The standard InChI is InChI=1S/C19H25N3O3/c1-3-5-10-16-21-17(25-22-16)13-20-19(18(23)24-4-2)12-11-14-8-6-7-9-15(14)19/h6-9,20H,3-5,10-13H2,1-2H3. The average Bonchev–Trinajstić information content (AvgIpc) is 3.24. The van der Waals surface area contributed by atoms with Crippen molar-refractivity contribution in [2.45, 2.75) is 58.0 Å². The molecule has 1 aliphatic carbocycles. The third-order valence-corrected chi connectivity index (χ3v) is 4.68. The number of hydrogen-bond donors (Lipinski definition) is 1. The van der Waals surface area contributed by atoms with Gasteiger partial charge in [0.05, 0.1) is 13.2 Å². The molecule has 1 aromatic carbocycles. The van der Waals surface area contributed by atoms with E-state index in [1.807, 2.05) is 25.1 Å². The molecule has 1 aromatic heterocycles. The maximum atomic E-state index is 12.7. The SMILES string of the molecule is CCCCc1noc(CNC2(C(=O)OCC)CCc3ccccc32)n1. The van der Waals surface area contributed by atoms with E-state index < -0.39 is 5.54 Å². The van der Waals surface area contributed by atoms with E-state index in [1.54, 1.807) is 0 Å². The third kappa shape index (κ3) is 3.58. The maximum absolute atomic E-state index is 12.7. The van der Waals surface area contributed by atoms with Crippen molar-refractivity contribution in [3.05, 3.63) is 47.1 Å². The Bertz CT molecular complexity index is 728. The van der Waals surface area contributed by atoms with Gasteiger partial charge in [0.1, 0.15) is 5.54 Å². The minimum absolute atomic E-state index is 0.245. The highest BCUT2D eigenvalue weighted by Gasteiger charge is 2.46. The van der Waals surface area contributed by atoms with E-state index in [0.717, 1.165) is 37.1 Å². The van der Waals surface area contributed by atoms with E-state index in [2.05, 4.69) is 28.4 Å². The van der Waals surface area contributed by atoms with Crippen molar-refractivity contribution < 1.29 is 14.1 Å².